The van der Waals surface area contributed by atoms with Crippen molar-refractivity contribution in [1.29, 1.82) is 0 Å². The number of nitrogens with zero attached hydrogens (tertiary/aromatic N) is 2. The van der Waals surface area contributed by atoms with E-state index in [9.17, 15) is 0 Å². The fourth-order valence-corrected chi connectivity index (χ4v) is 0.936. The quantitative estimate of drug-likeness (QED) is 0.664. The third kappa shape index (κ3) is 2.28. The van der Waals surface area contributed by atoms with Crippen LogP contribution in [-0.4, -0.2) is 21.9 Å². The Balaban J connectivity index is 2.28. The first-order valence-electron chi connectivity index (χ1n) is 3.05. The largest absolute Gasteiger partial charge is 0.359 e. The van der Waals surface area contributed by atoms with Crippen molar-refractivity contribution in [2.24, 2.45) is 5.73 Å². The molecule has 56 valence electrons. The van der Waals surface area contributed by atoms with Crippen molar-refractivity contribution in [3.05, 3.63) is 6.33 Å². The Kier molecular flexibility index (Phi) is 2.58. The van der Waals surface area contributed by atoms with E-state index in [0.717, 1.165) is 11.7 Å². The molecule has 1 heterocycles. The molecule has 1 aromatic heterocycles. The lowest BCUT2D eigenvalue weighted by Gasteiger charge is -2.03. The van der Waals surface area contributed by atoms with Gasteiger partial charge in [0, 0.05) is 24.1 Å². The highest BCUT2D eigenvalue weighted by molar-refractivity contribution is 7.09. The SMILES string of the molecule is CC(N)CNc1ncns1. The first-order chi connectivity index (χ1) is 4.79. The van der Waals surface area contributed by atoms with Crippen LogP contribution in [0.3, 0.4) is 0 Å². The molecule has 0 aliphatic rings. The predicted octanol–water partition coefficient (Wildman–Crippen LogP) is 0.297. The second-order valence-corrected chi connectivity index (χ2v) is 2.88. The van der Waals surface area contributed by atoms with Crippen LogP contribution < -0.4 is 11.1 Å². The van der Waals surface area contributed by atoms with E-state index in [1.807, 2.05) is 6.92 Å². The average molecular weight is 158 g/mol. The Morgan fingerprint density at radius 3 is 3.20 bits per heavy atom. The summed E-state index contributed by atoms with van der Waals surface area (Å²) < 4.78 is 3.83. The summed E-state index contributed by atoms with van der Waals surface area (Å²) in [5.74, 6) is 0. The zero-order chi connectivity index (χ0) is 7.40. The van der Waals surface area contributed by atoms with Crippen molar-refractivity contribution >= 4 is 16.7 Å². The van der Waals surface area contributed by atoms with Crippen LogP contribution in [-0.2, 0) is 0 Å². The Bertz CT molecular complexity index is 172. The second kappa shape index (κ2) is 3.48. The number of aromatic nitrogens is 2. The Hall–Kier alpha value is -0.680. The maximum atomic E-state index is 5.50. The third-order valence-corrected chi connectivity index (χ3v) is 1.56. The van der Waals surface area contributed by atoms with Gasteiger partial charge in [-0.2, -0.15) is 4.37 Å². The summed E-state index contributed by atoms with van der Waals surface area (Å²) in [6, 6.07) is 0.156. The van der Waals surface area contributed by atoms with Gasteiger partial charge in [-0.05, 0) is 6.92 Å². The molecule has 0 bridgehead atoms. The molecular weight excluding hydrogens is 148 g/mol. The monoisotopic (exact) mass is 158 g/mol. The van der Waals surface area contributed by atoms with Crippen molar-refractivity contribution in [3.63, 3.8) is 0 Å². The number of hydrogen-bond acceptors (Lipinski definition) is 5. The van der Waals surface area contributed by atoms with E-state index in [0.29, 0.717) is 0 Å². The summed E-state index contributed by atoms with van der Waals surface area (Å²) in [5, 5.41) is 3.87. The molecule has 0 saturated heterocycles. The summed E-state index contributed by atoms with van der Waals surface area (Å²) in [6.07, 6.45) is 1.52. The minimum Gasteiger partial charge on any atom is -0.359 e. The van der Waals surface area contributed by atoms with E-state index < -0.39 is 0 Å². The van der Waals surface area contributed by atoms with Crippen molar-refractivity contribution in [2.75, 3.05) is 11.9 Å². The van der Waals surface area contributed by atoms with E-state index in [1.54, 1.807) is 0 Å². The first-order valence-corrected chi connectivity index (χ1v) is 3.82. The van der Waals surface area contributed by atoms with Crippen LogP contribution in [0.4, 0.5) is 5.13 Å². The number of nitrogens with two attached hydrogens (primary N) is 1. The maximum absolute atomic E-state index is 5.50. The molecule has 3 N–H and O–H groups in total. The third-order valence-electron chi connectivity index (χ3n) is 0.937. The van der Waals surface area contributed by atoms with Gasteiger partial charge in [-0.3, -0.25) is 0 Å². The molecule has 0 aliphatic heterocycles. The highest BCUT2D eigenvalue weighted by Gasteiger charge is 1.95. The predicted molar refractivity (Wildman–Crippen MR) is 42.0 cm³/mol. The van der Waals surface area contributed by atoms with Crippen LogP contribution >= 0.6 is 11.5 Å². The van der Waals surface area contributed by atoms with Crippen LogP contribution in [0, 0.1) is 0 Å². The Morgan fingerprint density at radius 2 is 2.70 bits per heavy atom. The Labute approximate surface area is 63.6 Å². The van der Waals surface area contributed by atoms with Crippen LogP contribution in [0.2, 0.25) is 0 Å². The van der Waals surface area contributed by atoms with Crippen molar-refractivity contribution in [3.8, 4) is 0 Å². The number of anilines is 1. The minimum atomic E-state index is 0.156. The summed E-state index contributed by atoms with van der Waals surface area (Å²) >= 11 is 1.34. The van der Waals surface area contributed by atoms with E-state index in [-0.39, 0.29) is 6.04 Å². The molecule has 1 aromatic rings. The van der Waals surface area contributed by atoms with Gasteiger partial charge in [0.25, 0.3) is 0 Å². The van der Waals surface area contributed by atoms with Gasteiger partial charge in [0.15, 0.2) is 0 Å². The standard InChI is InChI=1S/C5H10N4S/c1-4(6)2-7-5-8-3-9-10-5/h3-4H,2,6H2,1H3,(H,7,8,9). The molecule has 0 aromatic carbocycles. The van der Waals surface area contributed by atoms with Crippen LogP contribution in [0.5, 0.6) is 0 Å². The molecule has 1 rings (SSSR count). The highest BCUT2D eigenvalue weighted by atomic mass is 32.1. The van der Waals surface area contributed by atoms with Crippen LogP contribution in [0.25, 0.3) is 0 Å². The van der Waals surface area contributed by atoms with Gasteiger partial charge in [0.2, 0.25) is 5.13 Å². The molecule has 10 heavy (non-hydrogen) atoms. The van der Waals surface area contributed by atoms with E-state index in [2.05, 4.69) is 14.7 Å². The van der Waals surface area contributed by atoms with Gasteiger partial charge in [0.1, 0.15) is 6.33 Å². The zero-order valence-electron chi connectivity index (χ0n) is 5.74. The highest BCUT2D eigenvalue weighted by Crippen LogP contribution is 2.05. The summed E-state index contributed by atoms with van der Waals surface area (Å²) in [4.78, 5) is 3.93. The molecule has 0 saturated carbocycles. The van der Waals surface area contributed by atoms with Crippen LogP contribution in [0.1, 0.15) is 6.92 Å². The normalized spacial score (nSPS) is 13.0. The fraction of sp³-hybridized carbons (Fsp3) is 0.600. The van der Waals surface area contributed by atoms with Crippen LogP contribution in [0.15, 0.2) is 6.33 Å². The van der Waals surface area contributed by atoms with Gasteiger partial charge in [-0.1, -0.05) is 0 Å². The lowest BCUT2D eigenvalue weighted by Crippen LogP contribution is -2.25. The summed E-state index contributed by atoms with van der Waals surface area (Å²) in [6.45, 7) is 2.68. The lowest BCUT2D eigenvalue weighted by atomic mass is 10.4. The lowest BCUT2D eigenvalue weighted by molar-refractivity contribution is 0.779. The van der Waals surface area contributed by atoms with Gasteiger partial charge in [0.05, 0.1) is 0 Å². The van der Waals surface area contributed by atoms with Gasteiger partial charge < -0.3 is 11.1 Å². The fourth-order valence-electron chi connectivity index (χ4n) is 0.499. The topological polar surface area (TPSA) is 63.8 Å². The molecule has 1 atom stereocenters. The molecule has 0 radical (unpaired) electrons. The van der Waals surface area contributed by atoms with Crippen molar-refractivity contribution in [2.45, 2.75) is 13.0 Å². The van der Waals surface area contributed by atoms with Gasteiger partial charge in [-0.15, -0.1) is 0 Å². The molecule has 5 heteroatoms. The number of rotatable bonds is 3. The maximum Gasteiger partial charge on any atom is 0.202 e. The summed E-state index contributed by atoms with van der Waals surface area (Å²) in [5.41, 5.74) is 5.50. The minimum absolute atomic E-state index is 0.156. The van der Waals surface area contributed by atoms with Crippen molar-refractivity contribution < 1.29 is 0 Å². The molecule has 0 fully saturated rings. The van der Waals surface area contributed by atoms with E-state index in [4.69, 9.17) is 5.73 Å². The average Bonchev–Trinajstić information content (AvgIpc) is 2.34. The molecule has 4 nitrogen and oxygen atoms in total. The molecule has 0 spiro atoms. The zero-order valence-corrected chi connectivity index (χ0v) is 6.56. The van der Waals surface area contributed by atoms with E-state index >= 15 is 0 Å². The molecule has 0 aliphatic carbocycles. The van der Waals surface area contributed by atoms with Crippen molar-refractivity contribution in [1.82, 2.24) is 9.36 Å². The molecular formula is C5H10N4S. The summed E-state index contributed by atoms with van der Waals surface area (Å²) in [7, 11) is 0. The van der Waals surface area contributed by atoms with Gasteiger partial charge in [-0.25, -0.2) is 4.98 Å². The molecule has 0 amide bonds. The number of nitrogens with one attached hydrogen (secondary N) is 1. The molecule has 1 unspecified atom stereocenters. The van der Waals surface area contributed by atoms with E-state index in [1.165, 1.54) is 17.9 Å². The smallest absolute Gasteiger partial charge is 0.202 e. The second-order valence-electron chi connectivity index (χ2n) is 2.10. The Morgan fingerprint density at radius 1 is 1.90 bits per heavy atom. The first kappa shape index (κ1) is 7.43. The number of hydrogen-bond donors (Lipinski definition) is 2. The van der Waals surface area contributed by atoms with Gasteiger partial charge >= 0.3 is 0 Å².